The third-order valence-electron chi connectivity index (χ3n) is 2.92. The average Bonchev–Trinajstić information content (AvgIpc) is 1.99. The average molecular weight is 152 g/mol. The van der Waals surface area contributed by atoms with Gasteiger partial charge in [0.05, 0.1) is 0 Å². The van der Waals surface area contributed by atoms with E-state index in [0.29, 0.717) is 17.8 Å². The summed E-state index contributed by atoms with van der Waals surface area (Å²) in [7, 11) is 0. The minimum atomic E-state index is 0.231. The highest BCUT2D eigenvalue weighted by Crippen LogP contribution is 2.31. The molecule has 0 spiro atoms. The molecule has 0 fully saturated rings. The Bertz CT molecular complexity index is 172. The van der Waals surface area contributed by atoms with Crippen molar-refractivity contribution in [2.75, 3.05) is 0 Å². The molecule has 0 saturated heterocycles. The quantitative estimate of drug-likeness (QED) is 0.416. The summed E-state index contributed by atoms with van der Waals surface area (Å²) in [4.78, 5) is 10.7. The highest BCUT2D eigenvalue weighted by molar-refractivity contribution is 5.55. The van der Waals surface area contributed by atoms with Crippen LogP contribution in [0.25, 0.3) is 0 Å². The molecule has 11 heavy (non-hydrogen) atoms. The van der Waals surface area contributed by atoms with Crippen LogP contribution in [0.2, 0.25) is 0 Å². The van der Waals surface area contributed by atoms with Gasteiger partial charge in [-0.15, -0.1) is 0 Å². The van der Waals surface area contributed by atoms with Crippen molar-refractivity contribution in [1.82, 2.24) is 0 Å². The summed E-state index contributed by atoms with van der Waals surface area (Å²) >= 11 is 0. The van der Waals surface area contributed by atoms with E-state index in [1.807, 2.05) is 0 Å². The Kier molecular flexibility index (Phi) is 2.48. The number of rotatable bonds is 1. The van der Waals surface area contributed by atoms with Crippen LogP contribution in [0, 0.1) is 23.7 Å². The second kappa shape index (κ2) is 3.21. The first-order valence-corrected chi connectivity index (χ1v) is 4.30. The lowest BCUT2D eigenvalue weighted by Gasteiger charge is -2.30. The Hall–Kier alpha value is -0.590. The van der Waals surface area contributed by atoms with Crippen LogP contribution in [-0.4, -0.2) is 6.29 Å². The third kappa shape index (κ3) is 1.52. The van der Waals surface area contributed by atoms with Crippen molar-refractivity contribution < 1.29 is 4.79 Å². The van der Waals surface area contributed by atoms with Crippen LogP contribution in [0.15, 0.2) is 12.2 Å². The van der Waals surface area contributed by atoms with Crippen molar-refractivity contribution in [1.29, 1.82) is 0 Å². The fraction of sp³-hybridized carbons (Fsp3) is 0.700. The summed E-state index contributed by atoms with van der Waals surface area (Å²) in [6.07, 6.45) is 5.48. The SMILES string of the molecule is CC1C=CC(C)C(C=O)C1C. The molecule has 0 N–H and O–H groups in total. The van der Waals surface area contributed by atoms with E-state index in [1.165, 1.54) is 0 Å². The van der Waals surface area contributed by atoms with Gasteiger partial charge in [-0.3, -0.25) is 0 Å². The zero-order valence-corrected chi connectivity index (χ0v) is 7.45. The van der Waals surface area contributed by atoms with Crippen molar-refractivity contribution in [3.8, 4) is 0 Å². The Balaban J connectivity index is 2.77. The molecular formula is C10H16O. The van der Waals surface area contributed by atoms with Gasteiger partial charge in [-0.2, -0.15) is 0 Å². The number of carbonyl (C=O) groups excluding carboxylic acids is 1. The fourth-order valence-electron chi connectivity index (χ4n) is 1.73. The van der Waals surface area contributed by atoms with Crippen LogP contribution < -0.4 is 0 Å². The zero-order chi connectivity index (χ0) is 8.43. The molecule has 4 unspecified atom stereocenters. The van der Waals surface area contributed by atoms with Gasteiger partial charge in [0.1, 0.15) is 6.29 Å². The number of allylic oxidation sites excluding steroid dienone is 2. The molecule has 0 aromatic heterocycles. The molecule has 0 radical (unpaired) electrons. The molecule has 1 heteroatoms. The highest BCUT2D eigenvalue weighted by atomic mass is 16.1. The third-order valence-corrected chi connectivity index (χ3v) is 2.92. The summed E-state index contributed by atoms with van der Waals surface area (Å²) in [6, 6.07) is 0. The smallest absolute Gasteiger partial charge is 0.123 e. The van der Waals surface area contributed by atoms with E-state index in [2.05, 4.69) is 32.9 Å². The van der Waals surface area contributed by atoms with E-state index < -0.39 is 0 Å². The molecule has 1 rings (SSSR count). The Labute approximate surface area is 68.5 Å². The monoisotopic (exact) mass is 152 g/mol. The second-order valence-corrected chi connectivity index (χ2v) is 3.68. The van der Waals surface area contributed by atoms with Crippen molar-refractivity contribution >= 4 is 6.29 Å². The van der Waals surface area contributed by atoms with Gasteiger partial charge in [0.2, 0.25) is 0 Å². The van der Waals surface area contributed by atoms with E-state index >= 15 is 0 Å². The first-order chi connectivity index (χ1) is 5.16. The van der Waals surface area contributed by atoms with Gasteiger partial charge in [0, 0.05) is 5.92 Å². The summed E-state index contributed by atoms with van der Waals surface area (Å²) in [5.41, 5.74) is 0. The molecule has 0 aromatic rings. The molecule has 4 atom stereocenters. The van der Waals surface area contributed by atoms with Gasteiger partial charge < -0.3 is 4.79 Å². The van der Waals surface area contributed by atoms with Crippen LogP contribution in [0.1, 0.15) is 20.8 Å². The Morgan fingerprint density at radius 2 is 1.64 bits per heavy atom. The van der Waals surface area contributed by atoms with Crippen LogP contribution in [0.5, 0.6) is 0 Å². The number of carbonyl (C=O) groups is 1. The minimum Gasteiger partial charge on any atom is -0.303 e. The maximum atomic E-state index is 10.7. The summed E-state index contributed by atoms with van der Waals surface area (Å²) in [5, 5.41) is 0. The summed E-state index contributed by atoms with van der Waals surface area (Å²) in [5.74, 6) is 1.72. The highest BCUT2D eigenvalue weighted by Gasteiger charge is 2.28. The lowest BCUT2D eigenvalue weighted by atomic mass is 9.73. The van der Waals surface area contributed by atoms with Crippen LogP contribution in [0.3, 0.4) is 0 Å². The van der Waals surface area contributed by atoms with E-state index in [-0.39, 0.29) is 5.92 Å². The molecule has 62 valence electrons. The van der Waals surface area contributed by atoms with Crippen LogP contribution in [-0.2, 0) is 4.79 Å². The van der Waals surface area contributed by atoms with Crippen molar-refractivity contribution in [3.05, 3.63) is 12.2 Å². The van der Waals surface area contributed by atoms with Gasteiger partial charge in [0.15, 0.2) is 0 Å². The second-order valence-electron chi connectivity index (χ2n) is 3.68. The number of hydrogen-bond acceptors (Lipinski definition) is 1. The lowest BCUT2D eigenvalue weighted by Crippen LogP contribution is -2.27. The summed E-state index contributed by atoms with van der Waals surface area (Å²) < 4.78 is 0. The molecule has 0 amide bonds. The fourth-order valence-corrected chi connectivity index (χ4v) is 1.73. The molecule has 1 aliphatic rings. The molecule has 1 aliphatic carbocycles. The van der Waals surface area contributed by atoms with Crippen molar-refractivity contribution in [3.63, 3.8) is 0 Å². The first kappa shape index (κ1) is 8.51. The topological polar surface area (TPSA) is 17.1 Å². The van der Waals surface area contributed by atoms with Crippen molar-refractivity contribution in [2.45, 2.75) is 20.8 Å². The molecule has 0 saturated carbocycles. The van der Waals surface area contributed by atoms with Gasteiger partial charge >= 0.3 is 0 Å². The van der Waals surface area contributed by atoms with E-state index in [1.54, 1.807) is 0 Å². The number of aldehydes is 1. The van der Waals surface area contributed by atoms with Gasteiger partial charge in [-0.05, 0) is 17.8 Å². The maximum absolute atomic E-state index is 10.7. The standard InChI is InChI=1S/C10H16O/c1-7-4-5-8(2)10(6-11)9(7)3/h4-10H,1-3H3. The van der Waals surface area contributed by atoms with Crippen LogP contribution >= 0.6 is 0 Å². The van der Waals surface area contributed by atoms with Crippen LogP contribution in [0.4, 0.5) is 0 Å². The van der Waals surface area contributed by atoms with E-state index in [4.69, 9.17) is 0 Å². The number of hydrogen-bond donors (Lipinski definition) is 0. The van der Waals surface area contributed by atoms with E-state index in [9.17, 15) is 4.79 Å². The first-order valence-electron chi connectivity index (χ1n) is 4.30. The van der Waals surface area contributed by atoms with Crippen molar-refractivity contribution in [2.24, 2.45) is 23.7 Å². The van der Waals surface area contributed by atoms with Gasteiger partial charge in [0.25, 0.3) is 0 Å². The predicted octanol–water partition coefficient (Wildman–Crippen LogP) is 2.28. The molecule has 0 aromatic carbocycles. The molecule has 0 aliphatic heterocycles. The zero-order valence-electron chi connectivity index (χ0n) is 7.45. The van der Waals surface area contributed by atoms with Gasteiger partial charge in [-0.25, -0.2) is 0 Å². The minimum absolute atomic E-state index is 0.231. The molecular weight excluding hydrogens is 136 g/mol. The Morgan fingerprint density at radius 3 is 2.09 bits per heavy atom. The normalized spacial score (nSPS) is 43.9. The molecule has 0 bridgehead atoms. The molecule has 0 heterocycles. The molecule has 1 nitrogen and oxygen atoms in total. The van der Waals surface area contributed by atoms with E-state index in [0.717, 1.165) is 6.29 Å². The predicted molar refractivity (Wildman–Crippen MR) is 46.2 cm³/mol. The largest absolute Gasteiger partial charge is 0.303 e. The maximum Gasteiger partial charge on any atom is 0.123 e. The lowest BCUT2D eigenvalue weighted by molar-refractivity contribution is -0.114. The summed E-state index contributed by atoms with van der Waals surface area (Å²) in [6.45, 7) is 6.44. The Morgan fingerprint density at radius 1 is 1.09 bits per heavy atom. The van der Waals surface area contributed by atoms with Gasteiger partial charge in [-0.1, -0.05) is 32.9 Å².